The van der Waals surface area contributed by atoms with Crippen LogP contribution in [0.5, 0.6) is 0 Å². The molecule has 0 heterocycles. The predicted molar refractivity (Wildman–Crippen MR) is 75.5 cm³/mol. The Morgan fingerprint density at radius 3 is 2.53 bits per heavy atom. The third-order valence-electron chi connectivity index (χ3n) is 2.18. The molecule has 0 aromatic heterocycles. The Labute approximate surface area is 112 Å². The van der Waals surface area contributed by atoms with Crippen LogP contribution >= 0.6 is 0 Å². The highest BCUT2D eigenvalue weighted by molar-refractivity contribution is 6.46. The van der Waals surface area contributed by atoms with Gasteiger partial charge in [-0.15, -0.1) is 0 Å². The van der Waals surface area contributed by atoms with E-state index in [1.807, 2.05) is 32.0 Å². The zero-order chi connectivity index (χ0) is 14.3. The molecular weight excluding hydrogens is 244 g/mol. The lowest BCUT2D eigenvalue weighted by molar-refractivity contribution is 0.130. The first-order valence-corrected chi connectivity index (χ1v) is 5.73. The molecule has 3 N–H and O–H groups in total. The van der Waals surface area contributed by atoms with Gasteiger partial charge in [0.25, 0.3) is 0 Å². The van der Waals surface area contributed by atoms with Crippen molar-refractivity contribution in [2.45, 2.75) is 20.5 Å². The minimum Gasteiger partial charge on any atom is -0.399 e. The third kappa shape index (κ3) is 4.42. The number of hydrogen-bond donors (Lipinski definition) is 2. The number of nitrogens with one attached hydrogen (secondary N) is 1. The van der Waals surface area contributed by atoms with Gasteiger partial charge in [-0.1, -0.05) is 34.6 Å². The van der Waals surface area contributed by atoms with Crippen LogP contribution in [0.15, 0.2) is 34.6 Å². The SMILES string of the molecule is CON=C(C(=N)N)c1ccccc1CON=C(C)C. The Kier molecular flexibility index (Phi) is 5.53. The van der Waals surface area contributed by atoms with E-state index >= 15 is 0 Å². The highest BCUT2D eigenvalue weighted by atomic mass is 16.6. The van der Waals surface area contributed by atoms with Crippen LogP contribution in [0.2, 0.25) is 0 Å². The number of rotatable bonds is 6. The first-order chi connectivity index (χ1) is 9.06. The second-order valence-corrected chi connectivity index (χ2v) is 4.01. The van der Waals surface area contributed by atoms with E-state index < -0.39 is 0 Å². The van der Waals surface area contributed by atoms with Crippen molar-refractivity contribution in [2.24, 2.45) is 16.0 Å². The van der Waals surface area contributed by atoms with Gasteiger partial charge in [0, 0.05) is 11.1 Å². The Morgan fingerprint density at radius 2 is 1.95 bits per heavy atom. The van der Waals surface area contributed by atoms with Crippen LogP contribution in [0, 0.1) is 5.41 Å². The first kappa shape index (κ1) is 14.7. The van der Waals surface area contributed by atoms with Crippen molar-refractivity contribution in [3.8, 4) is 0 Å². The number of amidine groups is 1. The number of benzene rings is 1. The molecule has 19 heavy (non-hydrogen) atoms. The van der Waals surface area contributed by atoms with E-state index in [9.17, 15) is 0 Å². The fraction of sp³-hybridized carbons (Fsp3) is 0.308. The zero-order valence-corrected chi connectivity index (χ0v) is 11.3. The maximum absolute atomic E-state index is 7.53. The Hall–Kier alpha value is -2.37. The molecule has 0 fully saturated rings. The van der Waals surface area contributed by atoms with Crippen LogP contribution in [0.1, 0.15) is 25.0 Å². The van der Waals surface area contributed by atoms with E-state index in [-0.39, 0.29) is 18.2 Å². The maximum Gasteiger partial charge on any atom is 0.151 e. The van der Waals surface area contributed by atoms with Crippen LogP contribution in [0.4, 0.5) is 0 Å². The molecule has 0 aliphatic carbocycles. The van der Waals surface area contributed by atoms with Gasteiger partial charge in [-0.05, 0) is 13.8 Å². The summed E-state index contributed by atoms with van der Waals surface area (Å²) < 4.78 is 0. The molecule has 0 amide bonds. The smallest absolute Gasteiger partial charge is 0.151 e. The molecule has 0 bridgehead atoms. The van der Waals surface area contributed by atoms with Gasteiger partial charge in [-0.3, -0.25) is 5.41 Å². The van der Waals surface area contributed by atoms with Crippen molar-refractivity contribution in [1.29, 1.82) is 5.41 Å². The molecule has 0 spiro atoms. The minimum absolute atomic E-state index is 0.163. The quantitative estimate of drug-likeness (QED) is 0.465. The van der Waals surface area contributed by atoms with Crippen LogP contribution in [0.3, 0.4) is 0 Å². The van der Waals surface area contributed by atoms with Crippen LogP contribution in [-0.2, 0) is 16.3 Å². The van der Waals surface area contributed by atoms with Gasteiger partial charge < -0.3 is 15.4 Å². The molecule has 1 rings (SSSR count). The third-order valence-corrected chi connectivity index (χ3v) is 2.18. The van der Waals surface area contributed by atoms with E-state index in [0.29, 0.717) is 5.56 Å². The highest BCUT2D eigenvalue weighted by Gasteiger charge is 2.13. The summed E-state index contributed by atoms with van der Waals surface area (Å²) in [5, 5.41) is 15.2. The standard InChI is InChI=1S/C13H18N4O2/c1-9(2)16-19-8-10-6-4-5-7-11(10)12(13(14)15)17-18-3/h4-7H,8H2,1-3H3,(H3,14,15). The first-order valence-electron chi connectivity index (χ1n) is 5.73. The summed E-state index contributed by atoms with van der Waals surface area (Å²) in [6, 6.07) is 7.38. The molecule has 1 aromatic rings. The molecular formula is C13H18N4O2. The van der Waals surface area contributed by atoms with Crippen molar-refractivity contribution in [2.75, 3.05) is 7.11 Å². The molecule has 6 heteroatoms. The molecule has 102 valence electrons. The molecule has 1 aromatic carbocycles. The average molecular weight is 262 g/mol. The van der Waals surface area contributed by atoms with Crippen molar-refractivity contribution >= 4 is 17.3 Å². The monoisotopic (exact) mass is 262 g/mol. The normalized spacial score (nSPS) is 10.8. The van der Waals surface area contributed by atoms with Gasteiger partial charge in [0.05, 0.1) is 5.71 Å². The summed E-state index contributed by atoms with van der Waals surface area (Å²) in [6.07, 6.45) is 0. The molecule has 0 aliphatic rings. The van der Waals surface area contributed by atoms with Crippen LogP contribution in [0.25, 0.3) is 0 Å². The van der Waals surface area contributed by atoms with E-state index in [2.05, 4.69) is 10.3 Å². The lowest BCUT2D eigenvalue weighted by Crippen LogP contribution is -2.25. The number of oxime groups is 2. The highest BCUT2D eigenvalue weighted by Crippen LogP contribution is 2.12. The molecule has 0 saturated carbocycles. The molecule has 0 saturated heterocycles. The largest absolute Gasteiger partial charge is 0.399 e. The van der Waals surface area contributed by atoms with Gasteiger partial charge in [-0.25, -0.2) is 0 Å². The summed E-state index contributed by atoms with van der Waals surface area (Å²) in [6.45, 7) is 3.97. The molecule has 6 nitrogen and oxygen atoms in total. The van der Waals surface area contributed by atoms with E-state index in [1.54, 1.807) is 6.07 Å². The average Bonchev–Trinajstić information content (AvgIpc) is 2.36. The van der Waals surface area contributed by atoms with Crippen LogP contribution in [-0.4, -0.2) is 24.4 Å². The lowest BCUT2D eigenvalue weighted by Gasteiger charge is -2.09. The molecule has 0 radical (unpaired) electrons. The Morgan fingerprint density at radius 1 is 1.26 bits per heavy atom. The fourth-order valence-corrected chi connectivity index (χ4v) is 1.44. The Balaban J connectivity index is 3.04. The number of hydrogen-bond acceptors (Lipinski definition) is 5. The van der Waals surface area contributed by atoms with Gasteiger partial charge in [-0.2, -0.15) is 0 Å². The molecule has 0 atom stereocenters. The molecule has 0 aliphatic heterocycles. The summed E-state index contributed by atoms with van der Waals surface area (Å²) in [5.41, 5.74) is 8.14. The fourth-order valence-electron chi connectivity index (χ4n) is 1.44. The summed E-state index contributed by atoms with van der Waals surface area (Å²) >= 11 is 0. The Bertz CT molecular complexity index is 505. The van der Waals surface area contributed by atoms with Crippen molar-refractivity contribution in [3.05, 3.63) is 35.4 Å². The molecule has 0 unspecified atom stereocenters. The van der Waals surface area contributed by atoms with Crippen LogP contribution < -0.4 is 5.73 Å². The summed E-state index contributed by atoms with van der Waals surface area (Å²) in [7, 11) is 1.41. The summed E-state index contributed by atoms with van der Waals surface area (Å²) in [4.78, 5) is 9.93. The van der Waals surface area contributed by atoms with Gasteiger partial charge in [0.15, 0.2) is 5.71 Å². The van der Waals surface area contributed by atoms with Crippen molar-refractivity contribution in [3.63, 3.8) is 0 Å². The van der Waals surface area contributed by atoms with Crippen molar-refractivity contribution in [1.82, 2.24) is 0 Å². The number of nitrogens with zero attached hydrogens (tertiary/aromatic N) is 2. The minimum atomic E-state index is -0.163. The van der Waals surface area contributed by atoms with Crippen molar-refractivity contribution < 1.29 is 9.68 Å². The number of nitrogens with two attached hydrogens (primary N) is 1. The van der Waals surface area contributed by atoms with Gasteiger partial charge in [0.2, 0.25) is 0 Å². The maximum atomic E-state index is 7.53. The van der Waals surface area contributed by atoms with E-state index in [4.69, 9.17) is 20.8 Å². The van der Waals surface area contributed by atoms with Gasteiger partial charge >= 0.3 is 0 Å². The van der Waals surface area contributed by atoms with E-state index in [0.717, 1.165) is 11.3 Å². The van der Waals surface area contributed by atoms with Gasteiger partial charge in [0.1, 0.15) is 19.6 Å². The predicted octanol–water partition coefficient (Wildman–Crippen LogP) is 1.89. The zero-order valence-electron chi connectivity index (χ0n) is 11.3. The lowest BCUT2D eigenvalue weighted by atomic mass is 10.0. The second kappa shape index (κ2) is 7.15. The van der Waals surface area contributed by atoms with E-state index in [1.165, 1.54) is 7.11 Å². The topological polar surface area (TPSA) is 93.0 Å². The second-order valence-electron chi connectivity index (χ2n) is 4.01. The summed E-state index contributed by atoms with van der Waals surface area (Å²) in [5.74, 6) is -0.163.